The topological polar surface area (TPSA) is 69.7 Å². The van der Waals surface area contributed by atoms with Gasteiger partial charge in [0, 0.05) is 27.3 Å². The van der Waals surface area contributed by atoms with Crippen LogP contribution in [0.5, 0.6) is 0 Å². The van der Waals surface area contributed by atoms with Crippen LogP contribution in [0.4, 0.5) is 11.9 Å². The fraction of sp³-hybridized carbons (Fsp3) is 0.300. The molecule has 84 valence electrons. The Kier molecular flexibility index (Phi) is 2.72. The number of anilines is 2. The molecule has 2 aromatic heterocycles. The first-order chi connectivity index (χ1) is 7.70. The number of H-pyrrole nitrogens is 1. The van der Waals surface area contributed by atoms with E-state index in [4.69, 9.17) is 0 Å². The van der Waals surface area contributed by atoms with E-state index < -0.39 is 0 Å². The first kappa shape index (κ1) is 10.4. The predicted molar refractivity (Wildman–Crippen MR) is 63.5 cm³/mol. The van der Waals surface area contributed by atoms with Crippen LogP contribution in [0.1, 0.15) is 0 Å². The van der Waals surface area contributed by atoms with Gasteiger partial charge in [-0.2, -0.15) is 15.0 Å². The maximum Gasteiger partial charge on any atom is 0.230 e. The van der Waals surface area contributed by atoms with Crippen LogP contribution in [0.15, 0.2) is 18.3 Å². The highest BCUT2D eigenvalue weighted by atomic mass is 15.3. The van der Waals surface area contributed by atoms with Gasteiger partial charge in [0.2, 0.25) is 11.9 Å². The minimum atomic E-state index is 0.559. The lowest BCUT2D eigenvalue weighted by atomic mass is 10.4. The second kappa shape index (κ2) is 4.18. The molecule has 2 N–H and O–H groups in total. The van der Waals surface area contributed by atoms with Crippen LogP contribution >= 0.6 is 0 Å². The van der Waals surface area contributed by atoms with E-state index in [1.54, 1.807) is 7.05 Å². The molecule has 6 heteroatoms. The van der Waals surface area contributed by atoms with E-state index in [0.717, 1.165) is 5.69 Å². The molecular weight excluding hydrogens is 204 g/mol. The van der Waals surface area contributed by atoms with Gasteiger partial charge < -0.3 is 15.2 Å². The normalized spacial score (nSPS) is 10.2. The van der Waals surface area contributed by atoms with Gasteiger partial charge in [-0.3, -0.25) is 0 Å². The third-order valence-corrected chi connectivity index (χ3v) is 2.09. The summed E-state index contributed by atoms with van der Waals surface area (Å²) >= 11 is 0. The van der Waals surface area contributed by atoms with E-state index in [1.807, 2.05) is 37.3 Å². The van der Waals surface area contributed by atoms with E-state index in [1.165, 1.54) is 0 Å². The SMILES string of the molecule is CNc1nc(-c2ccc[nH]2)nc(N(C)C)n1. The Labute approximate surface area is 93.8 Å². The summed E-state index contributed by atoms with van der Waals surface area (Å²) in [6.07, 6.45) is 1.84. The average molecular weight is 218 g/mol. The van der Waals surface area contributed by atoms with E-state index in [9.17, 15) is 0 Å². The highest BCUT2D eigenvalue weighted by Crippen LogP contribution is 2.16. The van der Waals surface area contributed by atoms with Gasteiger partial charge in [0.05, 0.1) is 5.69 Å². The molecule has 2 rings (SSSR count). The fourth-order valence-electron chi connectivity index (χ4n) is 1.27. The second-order valence-electron chi connectivity index (χ2n) is 3.51. The molecule has 2 aromatic rings. The second-order valence-corrected chi connectivity index (χ2v) is 3.51. The van der Waals surface area contributed by atoms with Crippen molar-refractivity contribution in [1.29, 1.82) is 0 Å². The van der Waals surface area contributed by atoms with Crippen LogP contribution < -0.4 is 10.2 Å². The van der Waals surface area contributed by atoms with Gasteiger partial charge in [0.1, 0.15) is 0 Å². The molecular formula is C10H14N6. The largest absolute Gasteiger partial charge is 0.359 e. The Morgan fingerprint density at radius 2 is 2.06 bits per heavy atom. The van der Waals surface area contributed by atoms with Crippen LogP contribution in [-0.4, -0.2) is 41.1 Å². The Morgan fingerprint density at radius 3 is 2.62 bits per heavy atom. The molecule has 2 heterocycles. The van der Waals surface area contributed by atoms with Crippen molar-refractivity contribution in [1.82, 2.24) is 19.9 Å². The van der Waals surface area contributed by atoms with Gasteiger partial charge in [-0.15, -0.1) is 0 Å². The van der Waals surface area contributed by atoms with Crippen molar-refractivity contribution >= 4 is 11.9 Å². The summed E-state index contributed by atoms with van der Waals surface area (Å²) in [5, 5.41) is 2.92. The Bertz CT molecular complexity index is 462. The number of hydrogen-bond acceptors (Lipinski definition) is 5. The van der Waals surface area contributed by atoms with E-state index in [2.05, 4.69) is 25.3 Å². The summed E-state index contributed by atoms with van der Waals surface area (Å²) in [5.74, 6) is 1.82. The molecule has 0 fully saturated rings. The zero-order chi connectivity index (χ0) is 11.5. The zero-order valence-electron chi connectivity index (χ0n) is 9.52. The summed E-state index contributed by atoms with van der Waals surface area (Å²) in [6.45, 7) is 0. The molecule has 0 aliphatic heterocycles. The minimum absolute atomic E-state index is 0.559. The monoisotopic (exact) mass is 218 g/mol. The van der Waals surface area contributed by atoms with E-state index >= 15 is 0 Å². The van der Waals surface area contributed by atoms with Crippen LogP contribution in [0.25, 0.3) is 11.5 Å². The smallest absolute Gasteiger partial charge is 0.230 e. The molecule has 16 heavy (non-hydrogen) atoms. The molecule has 0 aromatic carbocycles. The van der Waals surface area contributed by atoms with Gasteiger partial charge in [-0.1, -0.05) is 0 Å². The average Bonchev–Trinajstić information content (AvgIpc) is 2.81. The van der Waals surface area contributed by atoms with Crippen molar-refractivity contribution in [3.8, 4) is 11.5 Å². The Morgan fingerprint density at radius 1 is 1.25 bits per heavy atom. The van der Waals surface area contributed by atoms with Crippen molar-refractivity contribution < 1.29 is 0 Å². The highest BCUT2D eigenvalue weighted by molar-refractivity contribution is 5.53. The van der Waals surface area contributed by atoms with Crippen molar-refractivity contribution in [2.75, 3.05) is 31.4 Å². The zero-order valence-corrected chi connectivity index (χ0v) is 9.52. The molecule has 6 nitrogen and oxygen atoms in total. The predicted octanol–water partition coefficient (Wildman–Crippen LogP) is 0.974. The van der Waals surface area contributed by atoms with Gasteiger partial charge in [0.15, 0.2) is 5.82 Å². The van der Waals surface area contributed by atoms with Crippen molar-refractivity contribution in [3.63, 3.8) is 0 Å². The lowest BCUT2D eigenvalue weighted by Gasteiger charge is -2.11. The number of nitrogens with zero attached hydrogens (tertiary/aromatic N) is 4. The maximum atomic E-state index is 4.36. The first-order valence-corrected chi connectivity index (χ1v) is 4.95. The summed E-state index contributed by atoms with van der Waals surface area (Å²) in [4.78, 5) is 17.8. The van der Waals surface area contributed by atoms with Crippen LogP contribution in [0, 0.1) is 0 Å². The van der Waals surface area contributed by atoms with Crippen molar-refractivity contribution in [2.45, 2.75) is 0 Å². The lowest BCUT2D eigenvalue weighted by molar-refractivity contribution is 0.960. The third kappa shape index (κ3) is 1.95. The van der Waals surface area contributed by atoms with Crippen LogP contribution in [0.2, 0.25) is 0 Å². The molecule has 0 aliphatic carbocycles. The number of rotatable bonds is 3. The third-order valence-electron chi connectivity index (χ3n) is 2.09. The van der Waals surface area contributed by atoms with Gasteiger partial charge in [0.25, 0.3) is 0 Å². The summed E-state index contributed by atoms with van der Waals surface area (Å²) in [7, 11) is 5.58. The lowest BCUT2D eigenvalue weighted by Crippen LogP contribution is -2.15. The molecule has 0 atom stereocenters. The first-order valence-electron chi connectivity index (χ1n) is 4.95. The summed E-state index contributed by atoms with van der Waals surface area (Å²) in [5.41, 5.74) is 0.877. The summed E-state index contributed by atoms with van der Waals surface area (Å²) < 4.78 is 0. The highest BCUT2D eigenvalue weighted by Gasteiger charge is 2.09. The number of aromatic nitrogens is 4. The minimum Gasteiger partial charge on any atom is -0.359 e. The molecule has 0 radical (unpaired) electrons. The van der Waals surface area contributed by atoms with Crippen LogP contribution in [0.3, 0.4) is 0 Å². The summed E-state index contributed by atoms with van der Waals surface area (Å²) in [6, 6.07) is 3.84. The van der Waals surface area contributed by atoms with Gasteiger partial charge in [-0.25, -0.2) is 0 Å². The number of aromatic amines is 1. The fourth-order valence-corrected chi connectivity index (χ4v) is 1.27. The van der Waals surface area contributed by atoms with Crippen LogP contribution in [-0.2, 0) is 0 Å². The standard InChI is InChI=1S/C10H14N6/c1-11-9-13-8(7-5-4-6-12-7)14-10(15-9)16(2)3/h4-6,12H,1-3H3,(H,11,13,14,15). The molecule has 0 amide bonds. The van der Waals surface area contributed by atoms with Crippen molar-refractivity contribution in [3.05, 3.63) is 18.3 Å². The molecule has 0 saturated carbocycles. The van der Waals surface area contributed by atoms with E-state index in [0.29, 0.717) is 17.7 Å². The molecule has 0 aliphatic rings. The van der Waals surface area contributed by atoms with E-state index in [-0.39, 0.29) is 0 Å². The number of hydrogen-bond donors (Lipinski definition) is 2. The molecule has 0 unspecified atom stereocenters. The molecule has 0 bridgehead atoms. The van der Waals surface area contributed by atoms with Gasteiger partial charge >= 0.3 is 0 Å². The quantitative estimate of drug-likeness (QED) is 0.803. The molecule has 0 saturated heterocycles. The number of nitrogens with one attached hydrogen (secondary N) is 2. The Balaban J connectivity index is 2.49. The maximum absolute atomic E-state index is 4.36. The Hall–Kier alpha value is -2.11. The van der Waals surface area contributed by atoms with Crippen molar-refractivity contribution in [2.24, 2.45) is 0 Å². The van der Waals surface area contributed by atoms with Gasteiger partial charge in [-0.05, 0) is 12.1 Å². The molecule has 0 spiro atoms.